The molecule has 2 radical (unpaired) electrons. The summed E-state index contributed by atoms with van der Waals surface area (Å²) in [6, 6.07) is 46.8. The van der Waals surface area contributed by atoms with Gasteiger partial charge >= 0.3 is 0 Å². The quantitative estimate of drug-likeness (QED) is 0.167. The molecule has 2 aliphatic heterocycles. The standard InChI is InChI=1S/C50H53BN2Si/c1-32-17-24-42(39(27-32)50(9,10)11)53-44-26-23-38(54-37-15-13-12-14-16-37)31-41(44)51-40-30-35(49(6,7)8)20-25-43(40)52(45-28-33(2)29-46(53)47(45)51)36-21-18-34(19-22-36)48(3,4)5/h12-31H,1-11H3. The average Bonchev–Trinajstić information content (AvgIpc) is 3.11. The van der Waals surface area contributed by atoms with Crippen LogP contribution in [0.15, 0.2) is 121 Å². The summed E-state index contributed by atoms with van der Waals surface area (Å²) in [5, 5.41) is 2.73. The molecule has 2 aliphatic rings. The fourth-order valence-electron chi connectivity index (χ4n) is 8.47. The van der Waals surface area contributed by atoms with Crippen molar-refractivity contribution in [1.82, 2.24) is 0 Å². The fourth-order valence-corrected chi connectivity index (χ4v) is 9.56. The van der Waals surface area contributed by atoms with Crippen LogP contribution >= 0.6 is 0 Å². The number of anilines is 6. The van der Waals surface area contributed by atoms with Crippen LogP contribution in [0.25, 0.3) is 0 Å². The minimum Gasteiger partial charge on any atom is -0.311 e. The molecule has 0 aromatic heterocycles. The van der Waals surface area contributed by atoms with Crippen molar-refractivity contribution in [2.45, 2.75) is 92.4 Å². The minimum absolute atomic E-state index is 0.00812. The third kappa shape index (κ3) is 6.33. The topological polar surface area (TPSA) is 6.48 Å². The molecule has 0 saturated heterocycles. The maximum atomic E-state index is 2.60. The number of benzene rings is 6. The molecule has 0 spiro atoms. The lowest BCUT2D eigenvalue weighted by Gasteiger charge is -2.45. The molecule has 270 valence electrons. The number of rotatable bonds is 4. The van der Waals surface area contributed by atoms with Crippen molar-refractivity contribution >= 4 is 77.1 Å². The summed E-state index contributed by atoms with van der Waals surface area (Å²) < 4.78 is 0. The molecule has 8 rings (SSSR count). The molecule has 4 heteroatoms. The fraction of sp³-hybridized carbons (Fsp3) is 0.280. The van der Waals surface area contributed by atoms with E-state index in [1.807, 2.05) is 0 Å². The van der Waals surface area contributed by atoms with Crippen LogP contribution in [-0.4, -0.2) is 16.2 Å². The molecule has 0 aliphatic carbocycles. The monoisotopic (exact) mass is 720 g/mol. The van der Waals surface area contributed by atoms with E-state index in [0.29, 0.717) is 9.52 Å². The van der Waals surface area contributed by atoms with Crippen LogP contribution in [0.5, 0.6) is 0 Å². The van der Waals surface area contributed by atoms with Gasteiger partial charge in [-0.05, 0) is 111 Å². The van der Waals surface area contributed by atoms with Gasteiger partial charge in [-0.15, -0.1) is 0 Å². The van der Waals surface area contributed by atoms with Gasteiger partial charge in [0.05, 0.1) is 0 Å². The maximum absolute atomic E-state index is 2.60. The first-order valence-corrected chi connectivity index (χ1v) is 20.6. The highest BCUT2D eigenvalue weighted by molar-refractivity contribution is 7.00. The van der Waals surface area contributed by atoms with Crippen molar-refractivity contribution in [2.75, 3.05) is 9.80 Å². The van der Waals surface area contributed by atoms with Crippen LogP contribution in [0.1, 0.15) is 90.1 Å². The largest absolute Gasteiger partial charge is 0.311 e. The number of hydrogen-bond acceptors (Lipinski definition) is 2. The van der Waals surface area contributed by atoms with E-state index < -0.39 is 0 Å². The Kier molecular flexibility index (Phi) is 8.65. The number of fused-ring (bicyclic) bond motifs is 4. The van der Waals surface area contributed by atoms with Crippen LogP contribution in [0.2, 0.25) is 0 Å². The molecule has 0 fully saturated rings. The number of nitrogens with zero attached hydrogens (tertiary/aromatic N) is 2. The molecule has 6 aromatic carbocycles. The van der Waals surface area contributed by atoms with Gasteiger partial charge in [-0.25, -0.2) is 0 Å². The third-order valence-electron chi connectivity index (χ3n) is 11.3. The third-order valence-corrected chi connectivity index (χ3v) is 12.6. The van der Waals surface area contributed by atoms with Crippen LogP contribution in [0.4, 0.5) is 34.1 Å². The molecule has 0 atom stereocenters. The van der Waals surface area contributed by atoms with Crippen LogP contribution < -0.4 is 36.6 Å². The van der Waals surface area contributed by atoms with Crippen molar-refractivity contribution < 1.29 is 0 Å². The van der Waals surface area contributed by atoms with Gasteiger partial charge in [0.1, 0.15) is 9.52 Å². The first kappa shape index (κ1) is 36.2. The lowest BCUT2D eigenvalue weighted by molar-refractivity contribution is 0.590. The van der Waals surface area contributed by atoms with Gasteiger partial charge in [0.15, 0.2) is 0 Å². The van der Waals surface area contributed by atoms with Crippen molar-refractivity contribution in [3.8, 4) is 0 Å². The Labute approximate surface area is 327 Å². The SMILES string of the molecule is Cc1cc2c3c(c1)N(c1ccc(C)cc1C(C)(C)C)c1ccc([Si]c4ccccc4)cc1B3c1cc(C(C)(C)C)ccc1N2c1ccc(C(C)(C)C)cc1. The van der Waals surface area contributed by atoms with Gasteiger partial charge in [-0.1, -0.05) is 157 Å². The second kappa shape index (κ2) is 12.9. The van der Waals surface area contributed by atoms with Crippen molar-refractivity contribution in [1.29, 1.82) is 0 Å². The van der Waals surface area contributed by atoms with E-state index in [-0.39, 0.29) is 23.0 Å². The van der Waals surface area contributed by atoms with E-state index in [2.05, 4.69) is 207 Å². The molecule has 0 N–H and O–H groups in total. The van der Waals surface area contributed by atoms with Gasteiger partial charge < -0.3 is 9.80 Å². The highest BCUT2D eigenvalue weighted by atomic mass is 28.2. The second-order valence-electron chi connectivity index (χ2n) is 18.7. The molecule has 0 saturated carbocycles. The first-order chi connectivity index (χ1) is 25.5. The van der Waals surface area contributed by atoms with Crippen molar-refractivity contribution in [3.05, 3.63) is 149 Å². The van der Waals surface area contributed by atoms with Gasteiger partial charge in [0, 0.05) is 34.1 Å². The van der Waals surface area contributed by atoms with E-state index in [9.17, 15) is 0 Å². The van der Waals surface area contributed by atoms with Gasteiger partial charge in [0.2, 0.25) is 0 Å². The summed E-state index contributed by atoms with van der Waals surface area (Å²) in [6.45, 7) is 25.5. The van der Waals surface area contributed by atoms with Crippen LogP contribution in [0, 0.1) is 13.8 Å². The van der Waals surface area contributed by atoms with Gasteiger partial charge in [-0.3, -0.25) is 0 Å². The number of hydrogen-bond donors (Lipinski definition) is 0. The summed E-state index contributed by atoms with van der Waals surface area (Å²) >= 11 is 0. The zero-order chi connectivity index (χ0) is 38.3. The normalized spacial score (nSPS) is 13.8. The minimum atomic E-state index is -0.0497. The van der Waals surface area contributed by atoms with E-state index in [1.165, 1.54) is 88.7 Å². The van der Waals surface area contributed by atoms with Crippen LogP contribution in [-0.2, 0) is 16.2 Å². The molecular weight excluding hydrogens is 667 g/mol. The highest BCUT2D eigenvalue weighted by Crippen LogP contribution is 2.47. The Hall–Kier alpha value is -4.80. The number of aryl methyl sites for hydroxylation is 2. The summed E-state index contributed by atoms with van der Waals surface area (Å²) in [7, 11) is 0.580. The Bertz CT molecular complexity index is 2390. The maximum Gasteiger partial charge on any atom is 0.252 e. The van der Waals surface area contributed by atoms with Crippen molar-refractivity contribution in [2.24, 2.45) is 0 Å². The molecule has 54 heavy (non-hydrogen) atoms. The first-order valence-electron chi connectivity index (χ1n) is 19.6. The Balaban J connectivity index is 1.46. The lowest BCUT2D eigenvalue weighted by Crippen LogP contribution is -2.62. The zero-order valence-electron chi connectivity index (χ0n) is 34.0. The van der Waals surface area contributed by atoms with Gasteiger partial charge in [-0.2, -0.15) is 0 Å². The van der Waals surface area contributed by atoms with Gasteiger partial charge in [0.25, 0.3) is 6.71 Å². The molecule has 2 nitrogen and oxygen atoms in total. The van der Waals surface area contributed by atoms with Crippen molar-refractivity contribution in [3.63, 3.8) is 0 Å². The second-order valence-corrected chi connectivity index (χ2v) is 20.1. The van der Waals surface area contributed by atoms with Crippen LogP contribution in [0.3, 0.4) is 0 Å². The van der Waals surface area contributed by atoms with E-state index >= 15 is 0 Å². The summed E-state index contributed by atoms with van der Waals surface area (Å²) in [4.78, 5) is 5.15. The smallest absolute Gasteiger partial charge is 0.252 e. The molecule has 0 unspecified atom stereocenters. The highest BCUT2D eigenvalue weighted by Gasteiger charge is 2.44. The molecule has 0 bridgehead atoms. The zero-order valence-corrected chi connectivity index (χ0v) is 35.0. The van der Waals surface area contributed by atoms with E-state index in [0.717, 1.165) is 0 Å². The summed E-state index contributed by atoms with van der Waals surface area (Å²) in [5.41, 5.74) is 18.3. The Morgan fingerprint density at radius 3 is 1.67 bits per heavy atom. The predicted molar refractivity (Wildman–Crippen MR) is 238 cm³/mol. The summed E-state index contributed by atoms with van der Waals surface area (Å²) in [5.74, 6) is 0. The van der Waals surface area contributed by atoms with E-state index in [1.54, 1.807) is 0 Å². The molecule has 2 heterocycles. The Morgan fingerprint density at radius 2 is 1.02 bits per heavy atom. The molecule has 0 amide bonds. The molecular formula is C50H53BN2Si. The summed E-state index contributed by atoms with van der Waals surface area (Å²) in [6.07, 6.45) is 0. The Morgan fingerprint density at radius 1 is 0.444 bits per heavy atom. The lowest BCUT2D eigenvalue weighted by atomic mass is 9.33. The molecule has 6 aromatic rings. The average molecular weight is 721 g/mol. The van der Waals surface area contributed by atoms with E-state index in [4.69, 9.17) is 0 Å². The predicted octanol–water partition coefficient (Wildman–Crippen LogP) is 9.93.